The Labute approximate surface area is 231 Å². The Morgan fingerprint density at radius 2 is 1.79 bits per heavy atom. The number of anilines is 2. The standard InChI is InChI=1S/C32H39N3O4/c1-21(2)39-30-19-28-23(17-29(30)38-4)18-31(37)35(32(28)22-8-14-27(36)15-9-22)26-12-10-25(11-13-26)34(3)20-24-7-5-6-16-33-24/h8-15,17,19,21,24,32-33,36H,5-7,16,18,20H2,1-4H3. The van der Waals surface area contributed by atoms with E-state index in [1.165, 1.54) is 19.3 Å². The van der Waals surface area contributed by atoms with Gasteiger partial charge in [-0.1, -0.05) is 18.6 Å². The van der Waals surface area contributed by atoms with Gasteiger partial charge in [0.25, 0.3) is 0 Å². The van der Waals surface area contributed by atoms with Gasteiger partial charge in [0.1, 0.15) is 5.75 Å². The molecule has 0 aromatic heterocycles. The van der Waals surface area contributed by atoms with Crippen LogP contribution in [0.4, 0.5) is 11.4 Å². The highest BCUT2D eigenvalue weighted by Gasteiger charge is 2.36. The minimum Gasteiger partial charge on any atom is -0.508 e. The number of nitrogens with one attached hydrogen (secondary N) is 1. The van der Waals surface area contributed by atoms with Gasteiger partial charge in [-0.25, -0.2) is 0 Å². The molecule has 1 saturated heterocycles. The van der Waals surface area contributed by atoms with Gasteiger partial charge in [0.05, 0.1) is 25.7 Å². The number of fused-ring (bicyclic) bond motifs is 1. The number of likely N-dealkylation sites (N-methyl/N-ethyl adjacent to an activating group) is 1. The monoisotopic (exact) mass is 529 g/mol. The Kier molecular flexibility index (Phi) is 7.98. The number of hydrogen-bond acceptors (Lipinski definition) is 6. The van der Waals surface area contributed by atoms with E-state index in [-0.39, 0.29) is 30.2 Å². The van der Waals surface area contributed by atoms with Crippen LogP contribution in [0, 0.1) is 0 Å². The maximum Gasteiger partial charge on any atom is 0.232 e. The fraction of sp³-hybridized carbons (Fsp3) is 0.406. The number of carbonyl (C=O) groups is 1. The molecule has 3 aromatic carbocycles. The molecule has 0 spiro atoms. The molecule has 7 heteroatoms. The first-order valence-electron chi connectivity index (χ1n) is 13.9. The van der Waals surface area contributed by atoms with Crippen molar-refractivity contribution in [2.75, 3.05) is 37.0 Å². The lowest BCUT2D eigenvalue weighted by molar-refractivity contribution is -0.118. The van der Waals surface area contributed by atoms with Crippen molar-refractivity contribution in [3.8, 4) is 17.2 Å². The summed E-state index contributed by atoms with van der Waals surface area (Å²) in [6, 6.07) is 19.4. The average Bonchev–Trinajstić information content (AvgIpc) is 2.93. The second-order valence-electron chi connectivity index (χ2n) is 10.8. The zero-order valence-electron chi connectivity index (χ0n) is 23.3. The van der Waals surface area contributed by atoms with Gasteiger partial charge in [-0.05, 0) is 98.5 Å². The molecule has 0 radical (unpaired) electrons. The van der Waals surface area contributed by atoms with Crippen LogP contribution >= 0.6 is 0 Å². The van der Waals surface area contributed by atoms with Gasteiger partial charge >= 0.3 is 0 Å². The Morgan fingerprint density at radius 1 is 1.05 bits per heavy atom. The summed E-state index contributed by atoms with van der Waals surface area (Å²) < 4.78 is 11.7. The molecule has 206 valence electrons. The molecule has 7 nitrogen and oxygen atoms in total. The number of phenols is 1. The van der Waals surface area contributed by atoms with Crippen molar-refractivity contribution in [1.29, 1.82) is 0 Å². The molecule has 3 aromatic rings. The highest BCUT2D eigenvalue weighted by molar-refractivity contribution is 5.98. The molecular formula is C32H39N3O4. The van der Waals surface area contributed by atoms with E-state index in [0.29, 0.717) is 17.5 Å². The second-order valence-corrected chi connectivity index (χ2v) is 10.8. The van der Waals surface area contributed by atoms with Crippen molar-refractivity contribution in [1.82, 2.24) is 5.32 Å². The number of rotatable bonds is 8. The number of hydrogen-bond donors (Lipinski definition) is 2. The number of piperidine rings is 1. The summed E-state index contributed by atoms with van der Waals surface area (Å²) in [5.41, 5.74) is 4.76. The maximum absolute atomic E-state index is 13.7. The molecule has 2 aliphatic rings. The minimum absolute atomic E-state index is 0.00710. The molecule has 1 fully saturated rings. The van der Waals surface area contributed by atoms with Crippen molar-refractivity contribution in [3.05, 3.63) is 77.4 Å². The number of nitrogens with zero attached hydrogens (tertiary/aromatic N) is 2. The van der Waals surface area contributed by atoms with Gasteiger partial charge in [-0.15, -0.1) is 0 Å². The summed E-state index contributed by atoms with van der Waals surface area (Å²) in [7, 11) is 3.74. The van der Waals surface area contributed by atoms with Crippen LogP contribution < -0.4 is 24.6 Å². The molecule has 2 aliphatic heterocycles. The fourth-order valence-electron chi connectivity index (χ4n) is 5.72. The Balaban J connectivity index is 1.51. The van der Waals surface area contributed by atoms with Crippen molar-refractivity contribution in [3.63, 3.8) is 0 Å². The first-order valence-corrected chi connectivity index (χ1v) is 13.9. The van der Waals surface area contributed by atoms with Crippen LogP contribution in [0.25, 0.3) is 0 Å². The quantitative estimate of drug-likeness (QED) is 0.405. The van der Waals surface area contributed by atoms with Gasteiger partial charge in [-0.2, -0.15) is 0 Å². The lowest BCUT2D eigenvalue weighted by Gasteiger charge is -2.38. The third-order valence-electron chi connectivity index (χ3n) is 7.64. The molecule has 2 unspecified atom stereocenters. The van der Waals surface area contributed by atoms with Crippen LogP contribution in [0.15, 0.2) is 60.7 Å². The minimum atomic E-state index is -0.378. The number of methoxy groups -OCH3 is 1. The van der Waals surface area contributed by atoms with E-state index in [9.17, 15) is 9.90 Å². The topological polar surface area (TPSA) is 74.3 Å². The summed E-state index contributed by atoms with van der Waals surface area (Å²) in [6.07, 6.45) is 3.96. The van der Waals surface area contributed by atoms with E-state index in [2.05, 4.69) is 29.4 Å². The number of benzene rings is 3. The van der Waals surface area contributed by atoms with Gasteiger partial charge in [0.15, 0.2) is 11.5 Å². The molecule has 1 amide bonds. The zero-order chi connectivity index (χ0) is 27.5. The Morgan fingerprint density at radius 3 is 2.44 bits per heavy atom. The predicted molar refractivity (Wildman–Crippen MR) is 155 cm³/mol. The van der Waals surface area contributed by atoms with Crippen LogP contribution in [-0.4, -0.2) is 50.4 Å². The number of amides is 1. The number of phenolic OH excluding ortho intramolecular Hbond substituents is 1. The van der Waals surface area contributed by atoms with Gasteiger partial charge in [0.2, 0.25) is 5.91 Å². The molecule has 5 rings (SSSR count). The molecule has 2 atom stereocenters. The molecule has 2 N–H and O–H groups in total. The van der Waals surface area contributed by atoms with E-state index < -0.39 is 0 Å². The van der Waals surface area contributed by atoms with Crippen molar-refractivity contribution < 1.29 is 19.4 Å². The summed E-state index contributed by atoms with van der Waals surface area (Å²) in [4.78, 5) is 17.9. The van der Waals surface area contributed by atoms with E-state index in [4.69, 9.17) is 9.47 Å². The summed E-state index contributed by atoms with van der Waals surface area (Å²) in [5, 5.41) is 13.6. The van der Waals surface area contributed by atoms with Crippen molar-refractivity contribution >= 4 is 17.3 Å². The maximum atomic E-state index is 13.7. The first-order chi connectivity index (χ1) is 18.8. The average molecular weight is 530 g/mol. The van der Waals surface area contributed by atoms with E-state index in [0.717, 1.165) is 41.2 Å². The van der Waals surface area contributed by atoms with E-state index in [1.54, 1.807) is 19.2 Å². The first kappa shape index (κ1) is 26.9. The third-order valence-corrected chi connectivity index (χ3v) is 7.64. The molecule has 0 aliphatic carbocycles. The summed E-state index contributed by atoms with van der Waals surface area (Å²) in [6.45, 7) is 6.00. The smallest absolute Gasteiger partial charge is 0.232 e. The largest absolute Gasteiger partial charge is 0.508 e. The second kappa shape index (κ2) is 11.6. The third kappa shape index (κ3) is 5.83. The molecule has 0 saturated carbocycles. The van der Waals surface area contributed by atoms with E-state index >= 15 is 0 Å². The lowest BCUT2D eigenvalue weighted by atomic mass is 9.86. The van der Waals surface area contributed by atoms with Crippen LogP contribution in [0.1, 0.15) is 55.8 Å². The molecule has 2 heterocycles. The lowest BCUT2D eigenvalue weighted by Crippen LogP contribution is -2.42. The fourth-order valence-corrected chi connectivity index (χ4v) is 5.72. The summed E-state index contributed by atoms with van der Waals surface area (Å²) >= 11 is 0. The Bertz CT molecular complexity index is 1280. The van der Waals surface area contributed by atoms with Crippen LogP contribution in [0.3, 0.4) is 0 Å². The highest BCUT2D eigenvalue weighted by atomic mass is 16.5. The van der Waals surface area contributed by atoms with E-state index in [1.807, 2.05) is 55.1 Å². The van der Waals surface area contributed by atoms with Gasteiger partial charge in [0, 0.05) is 31.0 Å². The number of aromatic hydroxyl groups is 1. The van der Waals surface area contributed by atoms with Crippen molar-refractivity contribution in [2.45, 2.75) is 57.7 Å². The van der Waals surface area contributed by atoms with Crippen LogP contribution in [0.2, 0.25) is 0 Å². The highest BCUT2D eigenvalue weighted by Crippen LogP contribution is 2.44. The summed E-state index contributed by atoms with van der Waals surface area (Å²) in [5.74, 6) is 1.46. The molecule has 39 heavy (non-hydrogen) atoms. The van der Waals surface area contributed by atoms with Crippen LogP contribution in [-0.2, 0) is 11.2 Å². The van der Waals surface area contributed by atoms with Crippen LogP contribution in [0.5, 0.6) is 17.2 Å². The zero-order valence-corrected chi connectivity index (χ0v) is 23.3. The number of carbonyl (C=O) groups excluding carboxylic acids is 1. The molecule has 0 bridgehead atoms. The van der Waals surface area contributed by atoms with Gasteiger partial charge < -0.3 is 29.7 Å². The normalized spacial score (nSPS) is 19.1. The number of ether oxygens (including phenoxy) is 2. The van der Waals surface area contributed by atoms with Crippen molar-refractivity contribution in [2.24, 2.45) is 0 Å². The Hall–Kier alpha value is -3.71. The predicted octanol–water partition coefficient (Wildman–Crippen LogP) is 5.45. The molecular weight excluding hydrogens is 490 g/mol. The SMILES string of the molecule is COc1cc2c(cc1OC(C)C)C(c1ccc(O)cc1)N(c1ccc(N(C)CC3CCCCN3)cc1)C(=O)C2. The van der Waals surface area contributed by atoms with Gasteiger partial charge in [-0.3, -0.25) is 4.79 Å².